The van der Waals surface area contributed by atoms with E-state index in [9.17, 15) is 29.9 Å². The Balaban J connectivity index is 1.80. The van der Waals surface area contributed by atoms with Crippen LogP contribution in [0.5, 0.6) is 5.75 Å². The summed E-state index contributed by atoms with van der Waals surface area (Å²) >= 11 is 0. The third-order valence-electron chi connectivity index (χ3n) is 5.06. The summed E-state index contributed by atoms with van der Waals surface area (Å²) in [6.45, 7) is 2.11. The van der Waals surface area contributed by atoms with Gasteiger partial charge in [0.05, 0.1) is 5.56 Å². The molecule has 0 saturated heterocycles. The van der Waals surface area contributed by atoms with Crippen molar-refractivity contribution in [3.63, 3.8) is 0 Å². The molecule has 3 aromatic rings. The van der Waals surface area contributed by atoms with E-state index in [4.69, 9.17) is 4.74 Å². The smallest absolute Gasteiger partial charge is 0.363 e. The third kappa shape index (κ3) is 5.53. The predicted octanol–water partition coefficient (Wildman–Crippen LogP) is 4.16. The molecule has 0 spiro atoms. The van der Waals surface area contributed by atoms with Crippen molar-refractivity contribution in [1.29, 1.82) is 0 Å². The summed E-state index contributed by atoms with van der Waals surface area (Å²) in [5.74, 6) is -2.17. The molecule has 1 aromatic heterocycles. The van der Waals surface area contributed by atoms with Gasteiger partial charge in [-0.2, -0.15) is 4.98 Å². The van der Waals surface area contributed by atoms with Crippen LogP contribution in [0, 0.1) is 10.1 Å². The molecular formula is C23H23N3O7. The Labute approximate surface area is 189 Å². The predicted molar refractivity (Wildman–Crippen MR) is 118 cm³/mol. The van der Waals surface area contributed by atoms with E-state index in [2.05, 4.69) is 4.98 Å². The molecule has 0 aliphatic carbocycles. The summed E-state index contributed by atoms with van der Waals surface area (Å²) in [4.78, 5) is 37.7. The number of aromatic carboxylic acids is 2. The molecule has 0 aliphatic rings. The first-order chi connectivity index (χ1) is 15.8. The SMILES string of the molecule is CCCCc1nc(C(=O)O)c([N+](=O)[O-])n1Cc1ccc(OCc2ccccc2C(=O)O)cc1. The van der Waals surface area contributed by atoms with Gasteiger partial charge in [0.2, 0.25) is 5.69 Å². The highest BCUT2D eigenvalue weighted by atomic mass is 16.6. The van der Waals surface area contributed by atoms with Gasteiger partial charge in [-0.05, 0) is 35.1 Å². The summed E-state index contributed by atoms with van der Waals surface area (Å²) in [5.41, 5.74) is 0.826. The maximum absolute atomic E-state index is 11.6. The van der Waals surface area contributed by atoms with Crippen LogP contribution in [-0.4, -0.2) is 36.6 Å². The highest BCUT2D eigenvalue weighted by Gasteiger charge is 2.31. The van der Waals surface area contributed by atoms with E-state index in [0.29, 0.717) is 29.1 Å². The molecule has 33 heavy (non-hydrogen) atoms. The number of nitrogens with zero attached hydrogens (tertiary/aromatic N) is 3. The van der Waals surface area contributed by atoms with Gasteiger partial charge >= 0.3 is 17.8 Å². The van der Waals surface area contributed by atoms with Crippen molar-refractivity contribution in [2.24, 2.45) is 0 Å². The lowest BCUT2D eigenvalue weighted by atomic mass is 10.1. The second-order valence-corrected chi connectivity index (χ2v) is 7.35. The zero-order valence-corrected chi connectivity index (χ0v) is 17.9. The molecule has 3 rings (SSSR count). The van der Waals surface area contributed by atoms with Crippen molar-refractivity contribution in [2.45, 2.75) is 39.3 Å². The Morgan fingerprint density at radius 3 is 2.39 bits per heavy atom. The van der Waals surface area contributed by atoms with Crippen molar-refractivity contribution in [2.75, 3.05) is 0 Å². The molecule has 0 amide bonds. The molecular weight excluding hydrogens is 430 g/mol. The number of benzene rings is 2. The maximum atomic E-state index is 11.6. The van der Waals surface area contributed by atoms with E-state index in [1.54, 1.807) is 42.5 Å². The fraction of sp³-hybridized carbons (Fsp3) is 0.261. The van der Waals surface area contributed by atoms with Crippen LogP contribution in [0.25, 0.3) is 0 Å². The number of rotatable bonds is 11. The van der Waals surface area contributed by atoms with Gasteiger partial charge in [-0.25, -0.2) is 14.2 Å². The molecule has 0 fully saturated rings. The van der Waals surface area contributed by atoms with Gasteiger partial charge in [-0.15, -0.1) is 0 Å². The fourth-order valence-electron chi connectivity index (χ4n) is 3.40. The Morgan fingerprint density at radius 2 is 1.79 bits per heavy atom. The summed E-state index contributed by atoms with van der Waals surface area (Å²) in [6.07, 6.45) is 1.98. The normalized spacial score (nSPS) is 10.7. The van der Waals surface area contributed by atoms with E-state index in [1.807, 2.05) is 6.92 Å². The molecule has 1 heterocycles. The molecule has 0 saturated carbocycles. The van der Waals surface area contributed by atoms with Crippen molar-refractivity contribution in [3.05, 3.63) is 86.9 Å². The summed E-state index contributed by atoms with van der Waals surface area (Å²) in [6, 6.07) is 13.3. The number of carbonyl (C=O) groups is 2. The highest BCUT2D eigenvalue weighted by Crippen LogP contribution is 2.25. The summed E-state index contributed by atoms with van der Waals surface area (Å²) in [7, 11) is 0. The second kappa shape index (κ2) is 10.4. The van der Waals surface area contributed by atoms with Gasteiger partial charge in [-0.3, -0.25) is 0 Å². The van der Waals surface area contributed by atoms with Crippen LogP contribution >= 0.6 is 0 Å². The van der Waals surface area contributed by atoms with Crippen LogP contribution < -0.4 is 4.74 Å². The zero-order valence-electron chi connectivity index (χ0n) is 17.9. The first-order valence-electron chi connectivity index (χ1n) is 10.3. The minimum Gasteiger partial charge on any atom is -0.489 e. The first-order valence-corrected chi connectivity index (χ1v) is 10.3. The number of hydrogen-bond acceptors (Lipinski definition) is 6. The first kappa shape index (κ1) is 23.5. The number of carboxylic acid groups (broad SMARTS) is 2. The van der Waals surface area contributed by atoms with E-state index in [1.165, 1.54) is 10.6 Å². The minimum absolute atomic E-state index is 0.0674. The van der Waals surface area contributed by atoms with Crippen molar-refractivity contribution < 1.29 is 29.5 Å². The number of hydrogen-bond donors (Lipinski definition) is 2. The highest BCUT2D eigenvalue weighted by molar-refractivity contribution is 5.90. The van der Waals surface area contributed by atoms with Gasteiger partial charge in [-0.1, -0.05) is 43.7 Å². The van der Waals surface area contributed by atoms with Crippen LogP contribution in [0.1, 0.15) is 57.6 Å². The van der Waals surface area contributed by atoms with Crippen LogP contribution in [0.3, 0.4) is 0 Å². The average molecular weight is 453 g/mol. The topological polar surface area (TPSA) is 145 Å². The molecule has 10 nitrogen and oxygen atoms in total. The average Bonchev–Trinajstić information content (AvgIpc) is 3.16. The number of nitro groups is 1. The lowest BCUT2D eigenvalue weighted by molar-refractivity contribution is -0.392. The molecule has 0 radical (unpaired) electrons. The summed E-state index contributed by atoms with van der Waals surface area (Å²) < 4.78 is 7.03. The Morgan fingerprint density at radius 1 is 1.09 bits per heavy atom. The number of aromatic nitrogens is 2. The third-order valence-corrected chi connectivity index (χ3v) is 5.06. The van der Waals surface area contributed by atoms with E-state index in [0.717, 1.165) is 12.8 Å². The number of aryl methyl sites for hydroxylation is 1. The molecule has 172 valence electrons. The van der Waals surface area contributed by atoms with Gasteiger partial charge in [0.15, 0.2) is 5.82 Å². The van der Waals surface area contributed by atoms with Crippen LogP contribution in [0.2, 0.25) is 0 Å². The van der Waals surface area contributed by atoms with Gasteiger partial charge in [0.25, 0.3) is 0 Å². The molecule has 0 aliphatic heterocycles. The molecule has 10 heteroatoms. The van der Waals surface area contributed by atoms with Crippen LogP contribution in [0.15, 0.2) is 48.5 Å². The van der Waals surface area contributed by atoms with E-state index in [-0.39, 0.29) is 18.7 Å². The number of imidazole rings is 1. The van der Waals surface area contributed by atoms with Crippen LogP contribution in [0.4, 0.5) is 5.82 Å². The number of carboxylic acids is 2. The molecule has 0 bridgehead atoms. The molecule has 0 unspecified atom stereocenters. The lowest BCUT2D eigenvalue weighted by Crippen LogP contribution is -2.10. The van der Waals surface area contributed by atoms with Gasteiger partial charge in [0, 0.05) is 12.0 Å². The lowest BCUT2D eigenvalue weighted by Gasteiger charge is -2.10. The monoisotopic (exact) mass is 453 g/mol. The van der Waals surface area contributed by atoms with E-state index >= 15 is 0 Å². The van der Waals surface area contributed by atoms with Gasteiger partial charge < -0.3 is 25.1 Å². The second-order valence-electron chi connectivity index (χ2n) is 7.35. The van der Waals surface area contributed by atoms with Crippen molar-refractivity contribution >= 4 is 17.8 Å². The summed E-state index contributed by atoms with van der Waals surface area (Å²) in [5, 5.41) is 30.2. The number of ether oxygens (including phenoxy) is 1. The molecule has 2 N–H and O–H groups in total. The quantitative estimate of drug-likeness (QED) is 0.325. The van der Waals surface area contributed by atoms with E-state index < -0.39 is 28.4 Å². The molecule has 0 atom stereocenters. The Hall–Kier alpha value is -4.21. The Bertz CT molecular complexity index is 1170. The largest absolute Gasteiger partial charge is 0.489 e. The fourth-order valence-corrected chi connectivity index (χ4v) is 3.40. The number of unbranched alkanes of at least 4 members (excludes halogenated alkanes) is 1. The van der Waals surface area contributed by atoms with Crippen molar-refractivity contribution in [1.82, 2.24) is 9.55 Å². The molecule has 2 aromatic carbocycles. The van der Waals surface area contributed by atoms with Crippen LogP contribution in [-0.2, 0) is 19.6 Å². The zero-order chi connectivity index (χ0) is 24.0. The van der Waals surface area contributed by atoms with Crippen molar-refractivity contribution in [3.8, 4) is 5.75 Å². The minimum atomic E-state index is -1.44. The standard InChI is InChI=1S/C23H23N3O7/c1-2-3-8-19-24-20(23(29)30)21(26(31)32)25(19)13-15-9-11-17(12-10-15)33-14-16-6-4-5-7-18(16)22(27)28/h4-7,9-12H,2-3,8,13-14H2,1H3,(H,27,28)(H,29,30). The Kier molecular flexibility index (Phi) is 7.39. The van der Waals surface area contributed by atoms with Gasteiger partial charge in [0.1, 0.15) is 18.9 Å². The maximum Gasteiger partial charge on any atom is 0.363 e.